The average Bonchev–Trinajstić information content (AvgIpc) is 2.77. The second-order valence-corrected chi connectivity index (χ2v) is 6.43. The van der Waals surface area contributed by atoms with E-state index in [1.54, 1.807) is 31.2 Å². The molecule has 0 fully saturated rings. The van der Waals surface area contributed by atoms with Crippen molar-refractivity contribution in [2.45, 2.75) is 12.7 Å². The number of nitrogens with zero attached hydrogens (tertiary/aromatic N) is 2. The molecular formula is C11H11ClN2O3S. The minimum Gasteiger partial charge on any atom is -0.334 e. The van der Waals surface area contributed by atoms with E-state index in [0.717, 1.165) is 0 Å². The highest BCUT2D eigenvalue weighted by Gasteiger charge is 2.16. The molecule has 0 aliphatic rings. The molecule has 2 aromatic rings. The fraction of sp³-hybridized carbons (Fsp3) is 0.273. The van der Waals surface area contributed by atoms with Gasteiger partial charge in [-0.05, 0) is 12.1 Å². The summed E-state index contributed by atoms with van der Waals surface area (Å²) < 4.78 is 27.9. The van der Waals surface area contributed by atoms with Crippen LogP contribution in [0.4, 0.5) is 0 Å². The van der Waals surface area contributed by atoms with Gasteiger partial charge < -0.3 is 4.52 Å². The lowest BCUT2D eigenvalue weighted by atomic mass is 10.2. The number of halogens is 1. The highest BCUT2D eigenvalue weighted by atomic mass is 35.5. The molecule has 0 saturated heterocycles. The van der Waals surface area contributed by atoms with Crippen LogP contribution in [0.15, 0.2) is 28.8 Å². The lowest BCUT2D eigenvalue weighted by Gasteiger charge is -1.96. The highest BCUT2D eigenvalue weighted by Crippen LogP contribution is 2.25. The van der Waals surface area contributed by atoms with E-state index >= 15 is 0 Å². The molecule has 0 radical (unpaired) electrons. The van der Waals surface area contributed by atoms with Gasteiger partial charge in [-0.1, -0.05) is 35.8 Å². The Morgan fingerprint density at radius 3 is 2.72 bits per heavy atom. The zero-order valence-corrected chi connectivity index (χ0v) is 11.2. The van der Waals surface area contributed by atoms with Crippen molar-refractivity contribution in [2.75, 3.05) is 5.75 Å². The van der Waals surface area contributed by atoms with Crippen molar-refractivity contribution < 1.29 is 12.9 Å². The van der Waals surface area contributed by atoms with Gasteiger partial charge in [-0.3, -0.25) is 0 Å². The molecule has 96 valence electrons. The molecule has 7 heteroatoms. The van der Waals surface area contributed by atoms with Crippen LogP contribution in [0, 0.1) is 0 Å². The van der Waals surface area contributed by atoms with Gasteiger partial charge in [0.15, 0.2) is 15.7 Å². The topological polar surface area (TPSA) is 73.1 Å². The zero-order valence-electron chi connectivity index (χ0n) is 9.63. The molecule has 0 spiro atoms. The first kappa shape index (κ1) is 13.0. The van der Waals surface area contributed by atoms with E-state index in [4.69, 9.17) is 16.1 Å². The molecule has 0 bridgehead atoms. The molecule has 2 rings (SSSR count). The van der Waals surface area contributed by atoms with Crippen LogP contribution in [0.1, 0.15) is 12.7 Å². The van der Waals surface area contributed by atoms with E-state index < -0.39 is 9.84 Å². The molecule has 1 aromatic carbocycles. The van der Waals surface area contributed by atoms with Gasteiger partial charge in [0.1, 0.15) is 5.75 Å². The van der Waals surface area contributed by atoms with Gasteiger partial charge in [-0.15, -0.1) is 0 Å². The Labute approximate surface area is 110 Å². The summed E-state index contributed by atoms with van der Waals surface area (Å²) in [6.45, 7) is 1.57. The second-order valence-electron chi connectivity index (χ2n) is 3.67. The van der Waals surface area contributed by atoms with Crippen LogP contribution < -0.4 is 0 Å². The maximum atomic E-state index is 11.4. The average molecular weight is 287 g/mol. The van der Waals surface area contributed by atoms with Crippen LogP contribution in [0.25, 0.3) is 11.5 Å². The minimum atomic E-state index is -3.17. The van der Waals surface area contributed by atoms with E-state index in [1.807, 2.05) is 0 Å². The maximum absolute atomic E-state index is 11.4. The summed E-state index contributed by atoms with van der Waals surface area (Å²) in [6.07, 6.45) is 0. The van der Waals surface area contributed by atoms with Crippen molar-refractivity contribution in [3.63, 3.8) is 0 Å². The first-order valence-electron chi connectivity index (χ1n) is 5.30. The third-order valence-electron chi connectivity index (χ3n) is 2.36. The molecule has 0 amide bonds. The third-order valence-corrected chi connectivity index (χ3v) is 4.27. The summed E-state index contributed by atoms with van der Waals surface area (Å²) in [5, 5.41) is 4.12. The standard InChI is InChI=1S/C11H11ClN2O3S/c1-2-18(15,16)7-10-13-11(17-14-10)8-5-3-4-6-9(8)12/h3-6H,2,7H2,1H3. The molecule has 1 heterocycles. The number of sulfone groups is 1. The summed E-state index contributed by atoms with van der Waals surface area (Å²) >= 11 is 5.98. The van der Waals surface area contributed by atoms with Gasteiger partial charge in [0.25, 0.3) is 5.89 Å². The van der Waals surface area contributed by atoms with Crippen LogP contribution in [-0.2, 0) is 15.6 Å². The largest absolute Gasteiger partial charge is 0.334 e. The Kier molecular flexibility index (Phi) is 3.68. The molecule has 0 saturated carbocycles. The number of benzene rings is 1. The number of hydrogen-bond acceptors (Lipinski definition) is 5. The first-order valence-corrected chi connectivity index (χ1v) is 7.49. The predicted molar refractivity (Wildman–Crippen MR) is 67.9 cm³/mol. The summed E-state index contributed by atoms with van der Waals surface area (Å²) in [7, 11) is -3.17. The Morgan fingerprint density at radius 2 is 2.06 bits per heavy atom. The van der Waals surface area contributed by atoms with Crippen molar-refractivity contribution >= 4 is 21.4 Å². The van der Waals surface area contributed by atoms with Gasteiger partial charge in [-0.2, -0.15) is 4.98 Å². The molecule has 0 aliphatic heterocycles. The second kappa shape index (κ2) is 5.07. The predicted octanol–water partition coefficient (Wildman–Crippen LogP) is 2.32. The van der Waals surface area contributed by atoms with Crippen LogP contribution >= 0.6 is 11.6 Å². The quantitative estimate of drug-likeness (QED) is 0.862. The van der Waals surface area contributed by atoms with Crippen molar-refractivity contribution in [1.82, 2.24) is 10.1 Å². The zero-order chi connectivity index (χ0) is 13.2. The van der Waals surface area contributed by atoms with Crippen molar-refractivity contribution in [2.24, 2.45) is 0 Å². The fourth-order valence-corrected chi connectivity index (χ4v) is 2.29. The molecule has 0 unspecified atom stereocenters. The van der Waals surface area contributed by atoms with E-state index in [1.165, 1.54) is 0 Å². The van der Waals surface area contributed by atoms with Gasteiger partial charge in [0.05, 0.1) is 10.6 Å². The first-order chi connectivity index (χ1) is 8.52. The fourth-order valence-electron chi connectivity index (χ4n) is 1.36. The Hall–Kier alpha value is -1.40. The van der Waals surface area contributed by atoms with Crippen LogP contribution in [0.3, 0.4) is 0 Å². The smallest absolute Gasteiger partial charge is 0.259 e. The van der Waals surface area contributed by atoms with Gasteiger partial charge in [-0.25, -0.2) is 8.42 Å². The van der Waals surface area contributed by atoms with Gasteiger partial charge >= 0.3 is 0 Å². The lowest BCUT2D eigenvalue weighted by molar-refractivity contribution is 0.424. The normalized spacial score (nSPS) is 11.7. The Morgan fingerprint density at radius 1 is 1.33 bits per heavy atom. The molecular weight excluding hydrogens is 276 g/mol. The molecule has 0 N–H and O–H groups in total. The van der Waals surface area contributed by atoms with Crippen molar-refractivity contribution in [3.8, 4) is 11.5 Å². The molecule has 0 atom stereocenters. The third kappa shape index (κ3) is 2.88. The van der Waals surface area contributed by atoms with Gasteiger partial charge in [0, 0.05) is 5.75 Å². The molecule has 5 nitrogen and oxygen atoms in total. The van der Waals surface area contributed by atoms with Gasteiger partial charge in [0.2, 0.25) is 0 Å². The SMILES string of the molecule is CCS(=O)(=O)Cc1noc(-c2ccccc2Cl)n1. The summed E-state index contributed by atoms with van der Waals surface area (Å²) in [6, 6.07) is 7.00. The highest BCUT2D eigenvalue weighted by molar-refractivity contribution is 7.90. The maximum Gasteiger partial charge on any atom is 0.259 e. The van der Waals surface area contributed by atoms with Crippen LogP contribution in [-0.4, -0.2) is 24.3 Å². The monoisotopic (exact) mass is 286 g/mol. The van der Waals surface area contributed by atoms with Crippen LogP contribution in [0.2, 0.25) is 5.02 Å². The molecule has 18 heavy (non-hydrogen) atoms. The van der Waals surface area contributed by atoms with E-state index in [0.29, 0.717) is 10.6 Å². The van der Waals surface area contributed by atoms with E-state index in [-0.39, 0.29) is 23.2 Å². The summed E-state index contributed by atoms with van der Waals surface area (Å²) in [4.78, 5) is 4.03. The summed E-state index contributed by atoms with van der Waals surface area (Å²) in [5.41, 5.74) is 0.590. The van der Waals surface area contributed by atoms with E-state index in [9.17, 15) is 8.42 Å². The number of rotatable bonds is 4. The number of aromatic nitrogens is 2. The molecule has 0 aliphatic carbocycles. The Balaban J connectivity index is 2.29. The lowest BCUT2D eigenvalue weighted by Crippen LogP contribution is -2.07. The summed E-state index contributed by atoms with van der Waals surface area (Å²) in [5.74, 6) is 0.189. The van der Waals surface area contributed by atoms with Crippen molar-refractivity contribution in [1.29, 1.82) is 0 Å². The van der Waals surface area contributed by atoms with E-state index in [2.05, 4.69) is 10.1 Å². The minimum absolute atomic E-state index is 0.0446. The Bertz CT molecular complexity index is 652. The van der Waals surface area contributed by atoms with Crippen molar-refractivity contribution in [3.05, 3.63) is 35.1 Å². The van der Waals surface area contributed by atoms with Crippen LogP contribution in [0.5, 0.6) is 0 Å². The molecule has 1 aromatic heterocycles. The number of hydrogen-bond donors (Lipinski definition) is 0.